The first-order valence-corrected chi connectivity index (χ1v) is 6.75. The van der Waals surface area contributed by atoms with Crippen LogP contribution in [0.4, 0.5) is 0 Å². The summed E-state index contributed by atoms with van der Waals surface area (Å²) >= 11 is 0. The summed E-state index contributed by atoms with van der Waals surface area (Å²) < 4.78 is 5.51. The number of ether oxygens (including phenoxy) is 1. The van der Waals surface area contributed by atoms with Gasteiger partial charge in [0.1, 0.15) is 6.10 Å². The van der Waals surface area contributed by atoms with Crippen LogP contribution in [0.15, 0.2) is 0 Å². The molecule has 1 heterocycles. The maximum absolute atomic E-state index is 10.9. The first-order chi connectivity index (χ1) is 9.03. The maximum atomic E-state index is 10.9. The molecule has 1 unspecified atom stereocenters. The molecule has 0 saturated carbocycles. The van der Waals surface area contributed by atoms with Crippen molar-refractivity contribution in [3.05, 3.63) is 22.8 Å². The Bertz CT molecular complexity index is 421. The molecule has 1 aromatic heterocycles. The van der Waals surface area contributed by atoms with Gasteiger partial charge in [0.15, 0.2) is 5.82 Å². The van der Waals surface area contributed by atoms with Gasteiger partial charge < -0.3 is 9.84 Å². The molecule has 0 aliphatic carbocycles. The number of rotatable bonds is 7. The molecule has 0 radical (unpaired) electrons. The van der Waals surface area contributed by atoms with E-state index in [-0.39, 0.29) is 12.5 Å². The summed E-state index contributed by atoms with van der Waals surface area (Å²) in [5.74, 6) is -0.205. The number of nitrogens with zero attached hydrogens (tertiary/aromatic N) is 2. The molecule has 0 bridgehead atoms. The van der Waals surface area contributed by atoms with Crippen molar-refractivity contribution >= 4 is 5.97 Å². The summed E-state index contributed by atoms with van der Waals surface area (Å²) in [4.78, 5) is 19.9. The van der Waals surface area contributed by atoms with E-state index in [0.29, 0.717) is 25.3 Å². The molecular weight excluding hydrogens is 244 g/mol. The molecule has 0 aromatic carbocycles. The van der Waals surface area contributed by atoms with Gasteiger partial charge in [-0.15, -0.1) is 0 Å². The first kappa shape index (κ1) is 15.6. The van der Waals surface area contributed by atoms with Crippen molar-refractivity contribution in [2.24, 2.45) is 0 Å². The molecule has 0 fully saturated rings. The molecule has 0 saturated heterocycles. The minimum absolute atomic E-state index is 0.0182. The zero-order chi connectivity index (χ0) is 14.4. The van der Waals surface area contributed by atoms with E-state index in [1.54, 1.807) is 0 Å². The Balaban J connectivity index is 3.23. The molecule has 1 N–H and O–H groups in total. The number of carbonyl (C=O) groups is 1. The average molecular weight is 266 g/mol. The van der Waals surface area contributed by atoms with Crippen molar-refractivity contribution < 1.29 is 14.6 Å². The van der Waals surface area contributed by atoms with E-state index in [1.165, 1.54) is 0 Å². The van der Waals surface area contributed by atoms with E-state index in [1.807, 2.05) is 27.7 Å². The molecule has 0 aliphatic heterocycles. The van der Waals surface area contributed by atoms with Crippen LogP contribution >= 0.6 is 0 Å². The maximum Gasteiger partial charge on any atom is 0.307 e. The molecule has 19 heavy (non-hydrogen) atoms. The van der Waals surface area contributed by atoms with Gasteiger partial charge in [0.05, 0.1) is 6.42 Å². The van der Waals surface area contributed by atoms with Gasteiger partial charge in [-0.3, -0.25) is 4.79 Å². The molecular formula is C14H22N2O3. The van der Waals surface area contributed by atoms with E-state index in [9.17, 15) is 4.79 Å². The number of hydrogen-bond acceptors (Lipinski definition) is 4. The third-order valence-electron chi connectivity index (χ3n) is 2.97. The van der Waals surface area contributed by atoms with E-state index in [4.69, 9.17) is 9.84 Å². The van der Waals surface area contributed by atoms with Crippen LogP contribution in [-0.2, 0) is 28.8 Å². The highest BCUT2D eigenvalue weighted by Gasteiger charge is 2.17. The van der Waals surface area contributed by atoms with Gasteiger partial charge in [-0.25, -0.2) is 9.97 Å². The lowest BCUT2D eigenvalue weighted by Crippen LogP contribution is -2.15. The van der Waals surface area contributed by atoms with E-state index >= 15 is 0 Å². The zero-order valence-electron chi connectivity index (χ0n) is 12.1. The smallest absolute Gasteiger partial charge is 0.307 e. The van der Waals surface area contributed by atoms with Crippen molar-refractivity contribution in [1.29, 1.82) is 0 Å². The number of aromatic nitrogens is 2. The molecule has 5 nitrogen and oxygen atoms in total. The second-order valence-electron chi connectivity index (χ2n) is 4.33. The number of aliphatic carboxylic acids is 1. The second kappa shape index (κ2) is 7.19. The summed E-state index contributed by atoms with van der Waals surface area (Å²) in [6, 6.07) is 0. The highest BCUT2D eigenvalue weighted by Crippen LogP contribution is 2.19. The third-order valence-corrected chi connectivity index (χ3v) is 2.97. The first-order valence-electron chi connectivity index (χ1n) is 6.75. The van der Waals surface area contributed by atoms with E-state index in [2.05, 4.69) is 9.97 Å². The minimum atomic E-state index is -0.849. The predicted octanol–water partition coefficient (Wildman–Crippen LogP) is 2.33. The lowest BCUT2D eigenvalue weighted by atomic mass is 10.0. The average Bonchev–Trinajstić information content (AvgIpc) is 2.38. The van der Waals surface area contributed by atoms with Gasteiger partial charge in [0.25, 0.3) is 0 Å². The molecule has 1 aromatic rings. The largest absolute Gasteiger partial charge is 0.481 e. The molecule has 1 atom stereocenters. The predicted molar refractivity (Wildman–Crippen MR) is 72.2 cm³/mol. The molecule has 0 aliphatic rings. The number of aryl methyl sites for hydroxylation is 2. The highest BCUT2D eigenvalue weighted by molar-refractivity contribution is 5.71. The zero-order valence-corrected chi connectivity index (χ0v) is 12.1. The quantitative estimate of drug-likeness (QED) is 0.820. The SMILES string of the molecule is CCOC(C)c1nc(CC)c(CC(=O)O)c(CC)n1. The molecule has 5 heteroatoms. The molecule has 106 valence electrons. The van der Waals surface area contributed by atoms with Crippen LogP contribution in [0.2, 0.25) is 0 Å². The minimum Gasteiger partial charge on any atom is -0.481 e. The monoisotopic (exact) mass is 266 g/mol. The van der Waals surface area contributed by atoms with Crippen molar-refractivity contribution in [3.8, 4) is 0 Å². The van der Waals surface area contributed by atoms with Crippen LogP contribution in [0.25, 0.3) is 0 Å². The fourth-order valence-corrected chi connectivity index (χ4v) is 2.05. The normalized spacial score (nSPS) is 12.4. The van der Waals surface area contributed by atoms with Crippen LogP contribution in [-0.4, -0.2) is 27.7 Å². The van der Waals surface area contributed by atoms with Crippen LogP contribution in [0.3, 0.4) is 0 Å². The molecule has 1 rings (SSSR count). The van der Waals surface area contributed by atoms with Crippen LogP contribution in [0.1, 0.15) is 56.6 Å². The van der Waals surface area contributed by atoms with Crippen molar-refractivity contribution in [3.63, 3.8) is 0 Å². The van der Waals surface area contributed by atoms with Gasteiger partial charge in [-0.1, -0.05) is 13.8 Å². The topological polar surface area (TPSA) is 72.3 Å². The van der Waals surface area contributed by atoms with Crippen molar-refractivity contribution in [1.82, 2.24) is 9.97 Å². The van der Waals surface area contributed by atoms with E-state index in [0.717, 1.165) is 17.0 Å². The highest BCUT2D eigenvalue weighted by atomic mass is 16.5. The number of carboxylic acid groups (broad SMARTS) is 1. The summed E-state index contributed by atoms with van der Waals surface area (Å²) in [5, 5.41) is 8.99. The number of carboxylic acids is 1. The van der Waals surface area contributed by atoms with Crippen LogP contribution in [0, 0.1) is 0 Å². The Morgan fingerprint density at radius 2 is 1.74 bits per heavy atom. The van der Waals surface area contributed by atoms with Gasteiger partial charge in [-0.2, -0.15) is 0 Å². The fraction of sp³-hybridized carbons (Fsp3) is 0.643. The number of hydrogen-bond donors (Lipinski definition) is 1. The van der Waals surface area contributed by atoms with Crippen LogP contribution in [0.5, 0.6) is 0 Å². The Morgan fingerprint density at radius 1 is 1.21 bits per heavy atom. The van der Waals surface area contributed by atoms with Crippen LogP contribution < -0.4 is 0 Å². The summed E-state index contributed by atoms with van der Waals surface area (Å²) in [7, 11) is 0. The standard InChI is InChI=1S/C14H22N2O3/c1-5-11-10(8-13(17)18)12(6-2)16-14(15-11)9(4)19-7-3/h9H,5-8H2,1-4H3,(H,17,18). The van der Waals surface area contributed by atoms with Gasteiger partial charge in [-0.05, 0) is 26.7 Å². The van der Waals surface area contributed by atoms with Crippen molar-refractivity contribution in [2.45, 2.75) is 53.1 Å². The summed E-state index contributed by atoms with van der Waals surface area (Å²) in [5.41, 5.74) is 2.39. The van der Waals surface area contributed by atoms with Gasteiger partial charge in [0.2, 0.25) is 0 Å². The second-order valence-corrected chi connectivity index (χ2v) is 4.33. The molecule has 0 amide bonds. The summed E-state index contributed by atoms with van der Waals surface area (Å²) in [6.45, 7) is 8.39. The van der Waals surface area contributed by atoms with Crippen molar-refractivity contribution in [2.75, 3.05) is 6.61 Å². The van der Waals surface area contributed by atoms with Gasteiger partial charge >= 0.3 is 5.97 Å². The lowest BCUT2D eigenvalue weighted by Gasteiger charge is -2.16. The molecule has 0 spiro atoms. The Kier molecular flexibility index (Phi) is 5.89. The lowest BCUT2D eigenvalue weighted by molar-refractivity contribution is -0.136. The third kappa shape index (κ3) is 3.99. The Hall–Kier alpha value is -1.49. The fourth-order valence-electron chi connectivity index (χ4n) is 2.05. The summed E-state index contributed by atoms with van der Waals surface area (Å²) in [6.07, 6.45) is 1.21. The van der Waals surface area contributed by atoms with Gasteiger partial charge in [0, 0.05) is 23.6 Å². The Morgan fingerprint density at radius 3 is 2.11 bits per heavy atom. The van der Waals surface area contributed by atoms with E-state index < -0.39 is 5.97 Å². The Labute approximate surface area is 114 Å².